The van der Waals surface area contributed by atoms with Crippen molar-refractivity contribution in [2.24, 2.45) is 0 Å². The van der Waals surface area contributed by atoms with Crippen LogP contribution in [-0.4, -0.2) is 18.5 Å². The summed E-state index contributed by atoms with van der Waals surface area (Å²) >= 11 is 0. The van der Waals surface area contributed by atoms with Crippen LogP contribution in [0.5, 0.6) is 0 Å². The lowest BCUT2D eigenvalue weighted by molar-refractivity contribution is -0.852. The van der Waals surface area contributed by atoms with E-state index in [1.54, 1.807) is 26.0 Å². The van der Waals surface area contributed by atoms with Crippen molar-refractivity contribution in [3.05, 3.63) is 29.6 Å². The Hall–Kier alpha value is -1.22. The van der Waals surface area contributed by atoms with Crippen LogP contribution in [0.15, 0.2) is 18.2 Å². The Kier molecular flexibility index (Phi) is 5.02. The van der Waals surface area contributed by atoms with Crippen molar-refractivity contribution in [3.63, 3.8) is 0 Å². The normalized spacial score (nSPS) is 11.7. The molecule has 1 aromatic heterocycles. The molecule has 0 spiro atoms. The molecule has 0 aliphatic heterocycles. The number of alkyl halides is 3. The van der Waals surface area contributed by atoms with Crippen LogP contribution in [0.25, 0.3) is 0 Å². The van der Waals surface area contributed by atoms with Crippen LogP contribution in [0.1, 0.15) is 11.4 Å². The highest BCUT2D eigenvalue weighted by Crippen LogP contribution is 2.20. The van der Waals surface area contributed by atoms with E-state index in [2.05, 4.69) is 0 Å². The van der Waals surface area contributed by atoms with Gasteiger partial charge in [0, 0.05) is 30.8 Å². The van der Waals surface area contributed by atoms with E-state index in [-0.39, 0.29) is 0 Å². The summed E-state index contributed by atoms with van der Waals surface area (Å²) < 4.78 is 71.6. The van der Waals surface area contributed by atoms with Crippen LogP contribution in [-0.2, 0) is 10.1 Å². The molecule has 0 fully saturated rings. The first-order chi connectivity index (χ1) is 7.47. The quantitative estimate of drug-likeness (QED) is 0.408. The second kappa shape index (κ2) is 5.41. The minimum absolute atomic E-state index is 0.634. The van der Waals surface area contributed by atoms with Crippen LogP contribution >= 0.6 is 0 Å². The molecule has 9 heteroatoms. The van der Waals surface area contributed by atoms with Gasteiger partial charge in [0.05, 0.1) is 4.48 Å². The third kappa shape index (κ3) is 5.09. The van der Waals surface area contributed by atoms with E-state index < -0.39 is 15.6 Å². The number of pyridine rings is 1. The van der Waals surface area contributed by atoms with Gasteiger partial charge in [-0.3, -0.25) is 0 Å². The molecular formula is C8H9F4NO3S. The second-order valence-electron chi connectivity index (χ2n) is 2.99. The zero-order chi connectivity index (χ0) is 13.9. The average molecular weight is 275 g/mol. The van der Waals surface area contributed by atoms with E-state index in [0.717, 1.165) is 0 Å². The van der Waals surface area contributed by atoms with Gasteiger partial charge in [-0.2, -0.15) is 13.2 Å². The summed E-state index contributed by atoms with van der Waals surface area (Å²) in [5.41, 5.74) is -4.38. The van der Waals surface area contributed by atoms with E-state index in [1.165, 1.54) is 0 Å². The van der Waals surface area contributed by atoms with E-state index in [0.29, 0.717) is 16.2 Å². The third-order valence-corrected chi connectivity index (χ3v) is 2.14. The summed E-state index contributed by atoms with van der Waals surface area (Å²) in [5.74, 6) is 0. The van der Waals surface area contributed by atoms with Crippen molar-refractivity contribution in [2.75, 3.05) is 0 Å². The molecule has 1 rings (SSSR count). The lowest BCUT2D eigenvalue weighted by atomic mass is 10.3. The summed E-state index contributed by atoms with van der Waals surface area (Å²) in [7, 11) is -6.09. The van der Waals surface area contributed by atoms with Crippen LogP contribution in [0.3, 0.4) is 0 Å². The van der Waals surface area contributed by atoms with Gasteiger partial charge < -0.3 is 4.55 Å². The molecule has 98 valence electrons. The third-order valence-electron chi connectivity index (χ3n) is 1.58. The Bertz CT molecular complexity index is 464. The maximum Gasteiger partial charge on any atom is 0.485 e. The summed E-state index contributed by atoms with van der Waals surface area (Å²) in [5, 5.41) is 0. The Morgan fingerprint density at radius 3 is 1.65 bits per heavy atom. The number of hydrogen-bond acceptors (Lipinski definition) is 3. The predicted molar refractivity (Wildman–Crippen MR) is 48.4 cm³/mol. The number of nitrogens with zero attached hydrogens (tertiary/aromatic N) is 1. The molecular weight excluding hydrogens is 266 g/mol. The first kappa shape index (κ1) is 15.8. The molecule has 1 aromatic rings. The first-order valence-corrected chi connectivity index (χ1v) is 5.54. The van der Waals surface area contributed by atoms with E-state index >= 15 is 0 Å². The van der Waals surface area contributed by atoms with Crippen molar-refractivity contribution in [1.82, 2.24) is 0 Å². The molecule has 0 N–H and O–H groups in total. The fourth-order valence-corrected chi connectivity index (χ4v) is 0.736. The van der Waals surface area contributed by atoms with Crippen LogP contribution < -0.4 is 4.79 Å². The molecule has 0 aromatic carbocycles. The summed E-state index contributed by atoms with van der Waals surface area (Å²) in [6, 6.07) is 5.29. The van der Waals surface area contributed by atoms with Crippen molar-refractivity contribution in [3.8, 4) is 0 Å². The fourth-order valence-electron chi connectivity index (χ4n) is 0.736. The number of aryl methyl sites for hydroxylation is 2. The number of hydrogen-bond donors (Lipinski definition) is 0. The second-order valence-corrected chi connectivity index (χ2v) is 4.36. The predicted octanol–water partition coefficient (Wildman–Crippen LogP) is 1.37. The molecule has 0 unspecified atom stereocenters. The molecule has 0 bridgehead atoms. The van der Waals surface area contributed by atoms with Crippen LogP contribution in [0.4, 0.5) is 17.7 Å². The molecule has 0 atom stereocenters. The SMILES string of the molecule is Cc1cccc(C)[n+]1F.O=S(=O)([O-])C(F)(F)F. The van der Waals surface area contributed by atoms with Crippen molar-refractivity contribution >= 4 is 10.1 Å². The number of aromatic nitrogens is 1. The molecule has 1 heterocycles. The van der Waals surface area contributed by atoms with E-state index in [9.17, 15) is 17.7 Å². The van der Waals surface area contributed by atoms with Crippen LogP contribution in [0.2, 0.25) is 0 Å². The Labute approximate surface area is 95.2 Å². The molecule has 0 saturated heterocycles. The Morgan fingerprint density at radius 2 is 1.47 bits per heavy atom. The minimum Gasteiger partial charge on any atom is -0.741 e. The van der Waals surface area contributed by atoms with Gasteiger partial charge in [0.2, 0.25) is 11.4 Å². The van der Waals surface area contributed by atoms with Gasteiger partial charge in [-0.15, -0.1) is 0 Å². The zero-order valence-electron chi connectivity index (χ0n) is 8.82. The Morgan fingerprint density at radius 1 is 1.18 bits per heavy atom. The molecule has 0 radical (unpaired) electrons. The fraction of sp³-hybridized carbons (Fsp3) is 0.375. The highest BCUT2D eigenvalue weighted by Gasteiger charge is 2.36. The summed E-state index contributed by atoms with van der Waals surface area (Å²) in [6.45, 7) is 3.46. The van der Waals surface area contributed by atoms with Crippen molar-refractivity contribution in [2.45, 2.75) is 19.4 Å². The zero-order valence-corrected chi connectivity index (χ0v) is 9.64. The van der Waals surface area contributed by atoms with Crippen molar-refractivity contribution < 1.29 is 35.4 Å². The molecule has 0 aliphatic rings. The first-order valence-electron chi connectivity index (χ1n) is 4.13. The average Bonchev–Trinajstić information content (AvgIpc) is 2.12. The highest BCUT2D eigenvalue weighted by atomic mass is 32.2. The number of halogens is 4. The minimum atomic E-state index is -6.09. The lowest BCUT2D eigenvalue weighted by Gasteiger charge is -2.08. The van der Waals surface area contributed by atoms with Gasteiger partial charge in [-0.05, 0) is 6.07 Å². The molecule has 0 saturated carbocycles. The van der Waals surface area contributed by atoms with Gasteiger partial charge in [0.25, 0.3) is 0 Å². The lowest BCUT2D eigenvalue weighted by Crippen LogP contribution is -2.29. The van der Waals surface area contributed by atoms with Gasteiger partial charge in [-0.25, -0.2) is 8.42 Å². The molecule has 4 nitrogen and oxygen atoms in total. The van der Waals surface area contributed by atoms with Crippen LogP contribution in [0, 0.1) is 13.8 Å². The monoisotopic (exact) mass is 275 g/mol. The van der Waals surface area contributed by atoms with Gasteiger partial charge >= 0.3 is 5.51 Å². The topological polar surface area (TPSA) is 61.1 Å². The van der Waals surface area contributed by atoms with Gasteiger partial charge in [0.1, 0.15) is 0 Å². The maximum atomic E-state index is 12.6. The van der Waals surface area contributed by atoms with E-state index in [1.807, 2.05) is 6.07 Å². The van der Waals surface area contributed by atoms with Gasteiger partial charge in [-0.1, -0.05) is 0 Å². The van der Waals surface area contributed by atoms with Crippen molar-refractivity contribution in [1.29, 1.82) is 0 Å². The Balaban J connectivity index is 0.000000304. The smallest absolute Gasteiger partial charge is 0.485 e. The molecule has 17 heavy (non-hydrogen) atoms. The molecule has 0 aliphatic carbocycles. The maximum absolute atomic E-state index is 12.6. The van der Waals surface area contributed by atoms with Gasteiger partial charge in [0.15, 0.2) is 10.1 Å². The summed E-state index contributed by atoms with van der Waals surface area (Å²) in [6.07, 6.45) is 0. The van der Waals surface area contributed by atoms with E-state index in [4.69, 9.17) is 13.0 Å². The summed E-state index contributed by atoms with van der Waals surface area (Å²) in [4.78, 5) is 0.667. The highest BCUT2D eigenvalue weighted by molar-refractivity contribution is 7.86. The largest absolute Gasteiger partial charge is 0.741 e. The molecule has 0 amide bonds. The standard InChI is InChI=1S/C7H9FN.CHF3O3S/c1-6-4-3-5-7(2)9(6)8;2-1(3,4)8(5,6)7/h3-5H,1-2H3;(H,5,6,7)/q+1;/p-1. The number of rotatable bonds is 0.